The number of aromatic amines is 1. The fourth-order valence-electron chi connectivity index (χ4n) is 2.54. The average Bonchev–Trinajstić information content (AvgIpc) is 2.75. The lowest BCUT2D eigenvalue weighted by Crippen LogP contribution is -2.24. The zero-order chi connectivity index (χ0) is 16.9. The highest BCUT2D eigenvalue weighted by molar-refractivity contribution is 6.53. The molecule has 1 aliphatic carbocycles. The molecule has 120 valence electrons. The fraction of sp³-hybridized carbons (Fsp3) is 0.533. The van der Waals surface area contributed by atoms with Crippen LogP contribution in [0, 0.1) is 19.3 Å². The van der Waals surface area contributed by atoms with Gasteiger partial charge in [-0.05, 0) is 33.3 Å². The van der Waals surface area contributed by atoms with E-state index in [9.17, 15) is 14.4 Å². The highest BCUT2D eigenvalue weighted by Crippen LogP contribution is 2.64. The number of rotatable bonds is 5. The molecular weight excluding hydrogens is 329 g/mol. The molecule has 1 N–H and O–H groups in total. The van der Waals surface area contributed by atoms with E-state index in [4.69, 9.17) is 27.9 Å². The Labute approximate surface area is 138 Å². The number of hydrogen-bond acceptors (Lipinski definition) is 4. The van der Waals surface area contributed by atoms with Crippen LogP contribution in [0.4, 0.5) is 0 Å². The minimum Gasteiger partial charge on any atom is -0.457 e. The summed E-state index contributed by atoms with van der Waals surface area (Å²) in [5, 5.41) is 0. The summed E-state index contributed by atoms with van der Waals surface area (Å²) < 4.78 is 3.89. The maximum absolute atomic E-state index is 12.2. The summed E-state index contributed by atoms with van der Waals surface area (Å²) in [6, 6.07) is 0. The number of H-pyrrole nitrogens is 1. The van der Waals surface area contributed by atoms with Crippen LogP contribution in [0.5, 0.6) is 0 Å². The minimum atomic E-state index is -1.13. The third-order valence-electron chi connectivity index (χ3n) is 4.11. The second kappa shape index (κ2) is 5.39. The lowest BCUT2D eigenvalue weighted by atomic mass is 10.1. The largest absolute Gasteiger partial charge is 0.457 e. The summed E-state index contributed by atoms with van der Waals surface area (Å²) in [4.78, 5) is 38.5. The first-order valence-corrected chi connectivity index (χ1v) is 7.55. The Morgan fingerprint density at radius 2 is 1.82 bits per heavy atom. The Bertz CT molecular complexity index is 677. The second-order valence-corrected chi connectivity index (χ2v) is 7.38. The van der Waals surface area contributed by atoms with Crippen LogP contribution in [0.25, 0.3) is 0 Å². The predicted octanol–water partition coefficient (Wildman–Crippen LogP) is 3.14. The van der Waals surface area contributed by atoms with E-state index < -0.39 is 28.1 Å². The van der Waals surface area contributed by atoms with E-state index in [1.807, 2.05) is 0 Å². The van der Waals surface area contributed by atoms with Gasteiger partial charge in [-0.3, -0.25) is 14.4 Å². The van der Waals surface area contributed by atoms with Gasteiger partial charge < -0.3 is 9.72 Å². The normalized spacial score (nSPS) is 22.3. The zero-order valence-electron chi connectivity index (χ0n) is 12.8. The number of esters is 1. The lowest BCUT2D eigenvalue weighted by molar-refractivity contribution is -0.148. The van der Waals surface area contributed by atoms with E-state index in [0.29, 0.717) is 23.2 Å². The topological polar surface area (TPSA) is 76.2 Å². The van der Waals surface area contributed by atoms with Gasteiger partial charge in [0.05, 0.1) is 5.69 Å². The number of carbonyl (C=O) groups is 3. The second-order valence-electron chi connectivity index (χ2n) is 5.89. The van der Waals surface area contributed by atoms with Crippen LogP contribution in [0.3, 0.4) is 0 Å². The van der Waals surface area contributed by atoms with Gasteiger partial charge in [0.1, 0.15) is 9.75 Å². The van der Waals surface area contributed by atoms with Crippen LogP contribution in [-0.4, -0.2) is 33.5 Å². The van der Waals surface area contributed by atoms with Gasteiger partial charge in [-0.25, -0.2) is 0 Å². The van der Waals surface area contributed by atoms with Crippen LogP contribution in [0.2, 0.25) is 0 Å². The minimum absolute atomic E-state index is 0.123. The first kappa shape index (κ1) is 17.0. The van der Waals surface area contributed by atoms with Crippen molar-refractivity contribution in [2.75, 3.05) is 6.61 Å². The smallest absolute Gasteiger partial charge is 0.315 e. The van der Waals surface area contributed by atoms with Crippen molar-refractivity contribution in [1.82, 2.24) is 4.98 Å². The van der Waals surface area contributed by atoms with Gasteiger partial charge in [0, 0.05) is 17.7 Å². The number of Topliss-reactive ketones (excluding diaryl/α,β-unsaturated/α-hetero) is 2. The van der Waals surface area contributed by atoms with Crippen molar-refractivity contribution in [1.29, 1.82) is 0 Å². The van der Waals surface area contributed by atoms with Crippen molar-refractivity contribution in [2.45, 2.75) is 38.4 Å². The highest BCUT2D eigenvalue weighted by atomic mass is 35.5. The molecular formula is C15H17Cl2NO4. The standard InChI is InChI=1S/C15H17Cl2NO4/c1-7-11(9(3)19)8(2)18-12(7)10(20)5-22-13(21)14(4)6-15(14,16)17/h18H,5-6H2,1-4H3/t14-/m0/s1. The Morgan fingerprint density at radius 1 is 1.27 bits per heavy atom. The van der Waals surface area contributed by atoms with E-state index >= 15 is 0 Å². The molecule has 22 heavy (non-hydrogen) atoms. The molecule has 0 aromatic carbocycles. The van der Waals surface area contributed by atoms with E-state index in [0.717, 1.165) is 0 Å². The quantitative estimate of drug-likeness (QED) is 0.505. The molecule has 0 spiro atoms. The maximum atomic E-state index is 12.2. The molecule has 5 nitrogen and oxygen atoms in total. The Balaban J connectivity index is 2.07. The number of hydrogen-bond donors (Lipinski definition) is 1. The molecule has 1 aromatic heterocycles. The number of halogens is 2. The SMILES string of the molecule is CC(=O)c1c(C)[nH]c(C(=O)COC(=O)[C@]2(C)CC2(Cl)Cl)c1C. The molecule has 2 rings (SSSR count). The molecule has 0 saturated heterocycles. The molecule has 1 aliphatic rings. The summed E-state index contributed by atoms with van der Waals surface area (Å²) in [6.07, 6.45) is 0.297. The summed E-state index contributed by atoms with van der Waals surface area (Å²) in [6.45, 7) is 6.01. The summed E-state index contributed by atoms with van der Waals surface area (Å²) in [5.74, 6) is -1.12. The third-order valence-corrected chi connectivity index (χ3v) is 5.21. The molecule has 0 unspecified atom stereocenters. The maximum Gasteiger partial charge on any atom is 0.315 e. The Morgan fingerprint density at radius 3 is 2.23 bits per heavy atom. The average molecular weight is 346 g/mol. The molecule has 0 amide bonds. The van der Waals surface area contributed by atoms with Gasteiger partial charge in [-0.1, -0.05) is 0 Å². The molecule has 1 heterocycles. The van der Waals surface area contributed by atoms with E-state index in [1.54, 1.807) is 20.8 Å². The first-order chi connectivity index (χ1) is 10.0. The van der Waals surface area contributed by atoms with Crippen LogP contribution in [0.15, 0.2) is 0 Å². The number of ether oxygens (including phenoxy) is 1. The van der Waals surface area contributed by atoms with Gasteiger partial charge in [0.2, 0.25) is 5.78 Å². The van der Waals surface area contributed by atoms with Crippen LogP contribution >= 0.6 is 23.2 Å². The number of aromatic nitrogens is 1. The molecule has 1 aromatic rings. The fourth-order valence-corrected chi connectivity index (χ4v) is 3.23. The van der Waals surface area contributed by atoms with Gasteiger partial charge >= 0.3 is 5.97 Å². The number of ketones is 2. The van der Waals surface area contributed by atoms with Crippen LogP contribution in [-0.2, 0) is 9.53 Å². The van der Waals surface area contributed by atoms with Gasteiger partial charge in [0.15, 0.2) is 12.4 Å². The Kier molecular flexibility index (Phi) is 4.17. The molecule has 7 heteroatoms. The van der Waals surface area contributed by atoms with E-state index in [-0.39, 0.29) is 11.5 Å². The monoisotopic (exact) mass is 345 g/mol. The molecule has 0 aliphatic heterocycles. The van der Waals surface area contributed by atoms with Crippen molar-refractivity contribution in [2.24, 2.45) is 5.41 Å². The Hall–Kier alpha value is -1.33. The molecule has 0 radical (unpaired) electrons. The third kappa shape index (κ3) is 2.68. The number of nitrogens with one attached hydrogen (secondary N) is 1. The van der Waals surface area contributed by atoms with Crippen molar-refractivity contribution >= 4 is 40.7 Å². The van der Waals surface area contributed by atoms with E-state index in [1.165, 1.54) is 6.92 Å². The summed E-state index contributed by atoms with van der Waals surface area (Å²) >= 11 is 11.8. The number of aryl methyl sites for hydroxylation is 1. The molecule has 1 atom stereocenters. The van der Waals surface area contributed by atoms with Gasteiger partial charge in [-0.2, -0.15) is 0 Å². The zero-order valence-corrected chi connectivity index (χ0v) is 14.3. The summed E-state index contributed by atoms with van der Waals surface area (Å²) in [5.41, 5.74) is 0.979. The first-order valence-electron chi connectivity index (χ1n) is 6.79. The summed E-state index contributed by atoms with van der Waals surface area (Å²) in [7, 11) is 0. The molecule has 1 saturated carbocycles. The van der Waals surface area contributed by atoms with Gasteiger partial charge in [0.25, 0.3) is 0 Å². The van der Waals surface area contributed by atoms with Crippen LogP contribution < -0.4 is 0 Å². The lowest BCUT2D eigenvalue weighted by Gasteiger charge is -2.11. The van der Waals surface area contributed by atoms with E-state index in [2.05, 4.69) is 4.98 Å². The van der Waals surface area contributed by atoms with Crippen molar-refractivity contribution in [3.05, 3.63) is 22.5 Å². The molecule has 0 bridgehead atoms. The van der Waals surface area contributed by atoms with Crippen molar-refractivity contribution in [3.63, 3.8) is 0 Å². The number of alkyl halides is 2. The molecule has 1 fully saturated rings. The van der Waals surface area contributed by atoms with Crippen LogP contribution in [0.1, 0.15) is 52.4 Å². The highest BCUT2D eigenvalue weighted by Gasteiger charge is 2.69. The van der Waals surface area contributed by atoms with Crippen molar-refractivity contribution in [3.8, 4) is 0 Å². The van der Waals surface area contributed by atoms with Gasteiger partial charge in [-0.15, -0.1) is 23.2 Å². The predicted molar refractivity (Wildman–Crippen MR) is 82.7 cm³/mol. The van der Waals surface area contributed by atoms with Crippen molar-refractivity contribution < 1.29 is 19.1 Å². The number of carbonyl (C=O) groups excluding carboxylic acids is 3.